The third kappa shape index (κ3) is 3.34. The molecule has 0 aromatic carbocycles. The molecule has 0 radical (unpaired) electrons. The van der Waals surface area contributed by atoms with Crippen LogP contribution in [0, 0.1) is 0 Å². The van der Waals surface area contributed by atoms with Crippen LogP contribution in [-0.4, -0.2) is 16.3 Å². The Morgan fingerprint density at radius 2 is 2.29 bits per heavy atom. The van der Waals surface area contributed by atoms with Gasteiger partial charge in [0, 0.05) is 18.7 Å². The molecule has 2 N–H and O–H groups in total. The van der Waals surface area contributed by atoms with Crippen molar-refractivity contribution in [3.63, 3.8) is 0 Å². The van der Waals surface area contributed by atoms with Gasteiger partial charge in [-0.2, -0.15) is 5.10 Å². The number of hydrogen-bond acceptors (Lipinski definition) is 2. The molecule has 1 aromatic heterocycles. The van der Waals surface area contributed by atoms with Gasteiger partial charge >= 0.3 is 0 Å². The zero-order valence-electron chi connectivity index (χ0n) is 8.98. The number of hydrogen-bond donors (Lipinski definition) is 1. The topological polar surface area (TPSA) is 43.8 Å². The molecule has 0 saturated heterocycles. The molecule has 0 bridgehead atoms. The summed E-state index contributed by atoms with van der Waals surface area (Å²) in [5.74, 6) is 0. The quantitative estimate of drug-likeness (QED) is 0.726. The van der Waals surface area contributed by atoms with Crippen molar-refractivity contribution in [2.45, 2.75) is 32.7 Å². The summed E-state index contributed by atoms with van der Waals surface area (Å²) in [6.45, 7) is 4.97. The maximum atomic E-state index is 5.38. The Labute approximate surface area is 85.6 Å². The summed E-state index contributed by atoms with van der Waals surface area (Å²) >= 11 is 0. The molecule has 3 heteroatoms. The van der Waals surface area contributed by atoms with Gasteiger partial charge in [0.2, 0.25) is 0 Å². The second kappa shape index (κ2) is 5.60. The molecule has 0 atom stereocenters. The van der Waals surface area contributed by atoms with Crippen LogP contribution in [0.25, 0.3) is 0 Å². The highest BCUT2D eigenvalue weighted by atomic mass is 15.3. The Balaban J connectivity index is 2.43. The van der Waals surface area contributed by atoms with Gasteiger partial charge in [0.05, 0.1) is 5.69 Å². The summed E-state index contributed by atoms with van der Waals surface area (Å²) in [7, 11) is 0. The van der Waals surface area contributed by atoms with Gasteiger partial charge in [-0.05, 0) is 32.9 Å². The first-order valence-electron chi connectivity index (χ1n) is 5.13. The van der Waals surface area contributed by atoms with E-state index in [1.807, 2.05) is 10.9 Å². The van der Waals surface area contributed by atoms with E-state index in [0.29, 0.717) is 6.04 Å². The molecule has 78 valence electrons. The van der Waals surface area contributed by atoms with Crippen LogP contribution in [0.3, 0.4) is 0 Å². The highest BCUT2D eigenvalue weighted by molar-refractivity contribution is 5.05. The van der Waals surface area contributed by atoms with E-state index in [1.54, 1.807) is 0 Å². The van der Waals surface area contributed by atoms with Gasteiger partial charge in [-0.15, -0.1) is 0 Å². The average Bonchev–Trinajstić information content (AvgIpc) is 2.61. The van der Waals surface area contributed by atoms with Crippen LogP contribution in [0.1, 0.15) is 32.0 Å². The van der Waals surface area contributed by atoms with E-state index >= 15 is 0 Å². The van der Waals surface area contributed by atoms with Crippen molar-refractivity contribution in [2.24, 2.45) is 5.73 Å². The monoisotopic (exact) mass is 193 g/mol. The third-order valence-corrected chi connectivity index (χ3v) is 2.02. The summed E-state index contributed by atoms with van der Waals surface area (Å²) in [6, 6.07) is 2.50. The standard InChI is InChI=1S/C11H19N3/c1-10(2)14-9-7-11(13-14)6-4-3-5-8-12/h3-4,7,9-10H,5-6,8,12H2,1-2H3. The third-order valence-electron chi connectivity index (χ3n) is 2.02. The zero-order valence-corrected chi connectivity index (χ0v) is 8.98. The zero-order chi connectivity index (χ0) is 10.4. The minimum Gasteiger partial charge on any atom is -0.330 e. The molecule has 0 aliphatic rings. The Kier molecular flexibility index (Phi) is 4.40. The van der Waals surface area contributed by atoms with E-state index in [0.717, 1.165) is 25.1 Å². The van der Waals surface area contributed by atoms with E-state index in [-0.39, 0.29) is 0 Å². The van der Waals surface area contributed by atoms with E-state index in [1.165, 1.54) is 0 Å². The van der Waals surface area contributed by atoms with Crippen LogP contribution >= 0.6 is 0 Å². The number of aromatic nitrogens is 2. The van der Waals surface area contributed by atoms with Crippen molar-refractivity contribution in [2.75, 3.05) is 6.54 Å². The van der Waals surface area contributed by atoms with Gasteiger partial charge in [0.25, 0.3) is 0 Å². The van der Waals surface area contributed by atoms with E-state index in [4.69, 9.17) is 5.73 Å². The lowest BCUT2D eigenvalue weighted by Crippen LogP contribution is -2.01. The van der Waals surface area contributed by atoms with Crippen LogP contribution in [-0.2, 0) is 6.42 Å². The van der Waals surface area contributed by atoms with Crippen molar-refractivity contribution < 1.29 is 0 Å². The van der Waals surface area contributed by atoms with Gasteiger partial charge in [-0.1, -0.05) is 12.2 Å². The summed E-state index contributed by atoms with van der Waals surface area (Å²) in [5.41, 5.74) is 6.50. The fraction of sp³-hybridized carbons (Fsp3) is 0.545. The van der Waals surface area contributed by atoms with Crippen LogP contribution in [0.15, 0.2) is 24.4 Å². The highest BCUT2D eigenvalue weighted by Crippen LogP contribution is 2.04. The van der Waals surface area contributed by atoms with Crippen molar-refractivity contribution in [3.8, 4) is 0 Å². The molecule has 0 spiro atoms. The molecular formula is C11H19N3. The van der Waals surface area contributed by atoms with Gasteiger partial charge in [-0.25, -0.2) is 0 Å². The molecule has 1 heterocycles. The number of nitrogens with zero attached hydrogens (tertiary/aromatic N) is 2. The largest absolute Gasteiger partial charge is 0.330 e. The van der Waals surface area contributed by atoms with Crippen LogP contribution < -0.4 is 5.73 Å². The van der Waals surface area contributed by atoms with E-state index in [9.17, 15) is 0 Å². The Hall–Kier alpha value is -1.09. The SMILES string of the molecule is CC(C)n1ccc(CC=CCCN)n1. The lowest BCUT2D eigenvalue weighted by atomic mass is 10.3. The van der Waals surface area contributed by atoms with Crippen LogP contribution in [0.4, 0.5) is 0 Å². The van der Waals surface area contributed by atoms with Crippen molar-refractivity contribution in [3.05, 3.63) is 30.1 Å². The molecule has 1 rings (SSSR count). The lowest BCUT2D eigenvalue weighted by Gasteiger charge is -2.02. The fourth-order valence-electron chi connectivity index (χ4n) is 1.19. The van der Waals surface area contributed by atoms with Gasteiger partial charge < -0.3 is 5.73 Å². The molecule has 1 aromatic rings. The lowest BCUT2D eigenvalue weighted by molar-refractivity contribution is 0.528. The number of rotatable bonds is 5. The molecule has 0 amide bonds. The average molecular weight is 193 g/mol. The minimum absolute atomic E-state index is 0.441. The fourth-order valence-corrected chi connectivity index (χ4v) is 1.19. The Morgan fingerprint density at radius 3 is 2.86 bits per heavy atom. The van der Waals surface area contributed by atoms with Crippen LogP contribution in [0.2, 0.25) is 0 Å². The molecule has 0 unspecified atom stereocenters. The van der Waals surface area contributed by atoms with Crippen molar-refractivity contribution in [1.82, 2.24) is 9.78 Å². The number of nitrogens with two attached hydrogens (primary N) is 1. The van der Waals surface area contributed by atoms with E-state index < -0.39 is 0 Å². The molecule has 0 fully saturated rings. The maximum absolute atomic E-state index is 5.38. The van der Waals surface area contributed by atoms with Crippen LogP contribution in [0.5, 0.6) is 0 Å². The highest BCUT2D eigenvalue weighted by Gasteiger charge is 1.99. The van der Waals surface area contributed by atoms with Gasteiger partial charge in [0.1, 0.15) is 0 Å². The predicted molar refractivity (Wildman–Crippen MR) is 59.1 cm³/mol. The smallest absolute Gasteiger partial charge is 0.0662 e. The molecule has 0 aliphatic heterocycles. The van der Waals surface area contributed by atoms with E-state index in [2.05, 4.69) is 37.2 Å². The Morgan fingerprint density at radius 1 is 1.50 bits per heavy atom. The van der Waals surface area contributed by atoms with Crippen molar-refractivity contribution >= 4 is 0 Å². The predicted octanol–water partition coefficient (Wildman–Crippen LogP) is 1.91. The summed E-state index contributed by atoms with van der Waals surface area (Å²) < 4.78 is 1.98. The maximum Gasteiger partial charge on any atom is 0.0662 e. The number of allylic oxidation sites excluding steroid dienone is 1. The first kappa shape index (κ1) is 11.0. The molecule has 3 nitrogen and oxygen atoms in total. The van der Waals surface area contributed by atoms with Gasteiger partial charge in [-0.3, -0.25) is 4.68 Å². The second-order valence-corrected chi connectivity index (χ2v) is 3.63. The first-order chi connectivity index (χ1) is 6.74. The molecule has 0 aliphatic carbocycles. The summed E-state index contributed by atoms with van der Waals surface area (Å²) in [4.78, 5) is 0. The molecule has 0 saturated carbocycles. The minimum atomic E-state index is 0.441. The van der Waals surface area contributed by atoms with Crippen molar-refractivity contribution in [1.29, 1.82) is 0 Å². The normalized spacial score (nSPS) is 11.7. The second-order valence-electron chi connectivity index (χ2n) is 3.63. The summed E-state index contributed by atoms with van der Waals surface area (Å²) in [6.07, 6.45) is 8.11. The first-order valence-corrected chi connectivity index (χ1v) is 5.13. The summed E-state index contributed by atoms with van der Waals surface area (Å²) in [5, 5.41) is 4.44. The van der Waals surface area contributed by atoms with Gasteiger partial charge in [0.15, 0.2) is 0 Å². The molecule has 14 heavy (non-hydrogen) atoms. The Bertz CT molecular complexity index is 286. The molecular weight excluding hydrogens is 174 g/mol.